The van der Waals surface area contributed by atoms with Gasteiger partial charge in [0.2, 0.25) is 5.91 Å². The topological polar surface area (TPSA) is 113 Å². The molecule has 1 amide bonds. The summed E-state index contributed by atoms with van der Waals surface area (Å²) in [7, 11) is 0. The average molecular weight is 204 g/mol. The number of rotatable bonds is 2. The van der Waals surface area contributed by atoms with E-state index in [1.807, 2.05) is 0 Å². The summed E-state index contributed by atoms with van der Waals surface area (Å²) in [6.07, 6.45) is 0.784. The molecule has 6 nitrogen and oxygen atoms in total. The van der Waals surface area contributed by atoms with E-state index in [-0.39, 0.29) is 5.91 Å². The van der Waals surface area contributed by atoms with Gasteiger partial charge < -0.3 is 21.3 Å². The predicted molar refractivity (Wildman–Crippen MR) is 49.5 cm³/mol. The molecule has 0 radical (unpaired) electrons. The van der Waals surface area contributed by atoms with Crippen molar-refractivity contribution in [2.24, 2.45) is 5.73 Å². The van der Waals surface area contributed by atoms with E-state index in [9.17, 15) is 9.59 Å². The van der Waals surface area contributed by atoms with Gasteiger partial charge in [0.25, 0.3) is 0 Å². The molecule has 14 heavy (non-hydrogen) atoms. The third kappa shape index (κ3) is 5.50. The molecule has 0 bridgehead atoms. The van der Waals surface area contributed by atoms with Gasteiger partial charge >= 0.3 is 5.97 Å². The molecule has 0 spiro atoms. The second kappa shape index (κ2) is 6.33. The summed E-state index contributed by atoms with van der Waals surface area (Å²) in [5, 5.41) is 19.2. The van der Waals surface area contributed by atoms with Crippen LogP contribution in [0.3, 0.4) is 0 Å². The monoisotopic (exact) mass is 204 g/mol. The lowest BCUT2D eigenvalue weighted by atomic mass is 10.2. The lowest BCUT2D eigenvalue weighted by Crippen LogP contribution is -2.39. The number of aliphatic carboxylic acids is 1. The van der Waals surface area contributed by atoms with Crippen molar-refractivity contribution in [2.45, 2.75) is 31.9 Å². The molecule has 1 rings (SSSR count). The third-order valence-corrected chi connectivity index (χ3v) is 1.71. The first kappa shape index (κ1) is 12.9. The van der Waals surface area contributed by atoms with Crippen molar-refractivity contribution in [3.8, 4) is 0 Å². The van der Waals surface area contributed by atoms with Gasteiger partial charge in [-0.2, -0.15) is 0 Å². The minimum absolute atomic E-state index is 0.204. The molecule has 0 aromatic rings. The van der Waals surface area contributed by atoms with Gasteiger partial charge in [-0.1, -0.05) is 0 Å². The normalized spacial score (nSPS) is 18.9. The minimum atomic E-state index is -1.18. The summed E-state index contributed by atoms with van der Waals surface area (Å²) in [4.78, 5) is 20.0. The van der Waals surface area contributed by atoms with E-state index in [2.05, 4.69) is 5.32 Å². The van der Waals surface area contributed by atoms with Gasteiger partial charge in [-0.15, -0.1) is 0 Å². The molecular weight excluding hydrogens is 188 g/mol. The number of nitrogens with one attached hydrogen (secondary N) is 1. The van der Waals surface area contributed by atoms with Crippen LogP contribution in [0.5, 0.6) is 0 Å². The number of aliphatic hydroxyl groups excluding tert-OH is 1. The number of hydrogen-bond donors (Lipinski definition) is 4. The Balaban J connectivity index is 0.000000249. The van der Waals surface area contributed by atoms with E-state index in [0.29, 0.717) is 0 Å². The van der Waals surface area contributed by atoms with E-state index in [1.165, 1.54) is 6.92 Å². The van der Waals surface area contributed by atoms with Gasteiger partial charge in [-0.05, 0) is 13.3 Å². The van der Waals surface area contributed by atoms with Gasteiger partial charge in [0.15, 0.2) is 0 Å². The number of aliphatic hydroxyl groups is 1. The van der Waals surface area contributed by atoms with E-state index in [0.717, 1.165) is 19.4 Å². The molecule has 2 unspecified atom stereocenters. The molecule has 0 aromatic carbocycles. The van der Waals surface area contributed by atoms with Crippen molar-refractivity contribution < 1.29 is 19.8 Å². The molecule has 1 heterocycles. The molecule has 1 aliphatic heterocycles. The summed E-state index contributed by atoms with van der Waals surface area (Å²) < 4.78 is 0. The number of hydrogen-bond acceptors (Lipinski definition) is 4. The Morgan fingerprint density at radius 2 is 2.21 bits per heavy atom. The number of carboxylic acids is 1. The molecule has 0 aliphatic carbocycles. The maximum atomic E-state index is 10.1. The second-order valence-electron chi connectivity index (χ2n) is 3.06. The molecule has 1 fully saturated rings. The molecule has 6 heteroatoms. The lowest BCUT2D eigenvalue weighted by Gasteiger charge is -2.06. The summed E-state index contributed by atoms with van der Waals surface area (Å²) in [5.41, 5.74) is 4.91. The van der Waals surface area contributed by atoms with Gasteiger partial charge in [0, 0.05) is 13.0 Å². The zero-order chi connectivity index (χ0) is 11.1. The Morgan fingerprint density at radius 3 is 2.29 bits per heavy atom. The van der Waals surface area contributed by atoms with Crippen LogP contribution in [0.1, 0.15) is 19.8 Å². The SMILES string of the molecule is CC(O)C(N)C(=O)O.O=C1CCCN1. The first-order valence-electron chi connectivity index (χ1n) is 4.38. The van der Waals surface area contributed by atoms with Crippen LogP contribution < -0.4 is 11.1 Å². The highest BCUT2D eigenvalue weighted by Crippen LogP contribution is 1.93. The molecule has 1 saturated heterocycles. The Labute approximate surface area is 82.1 Å². The fraction of sp³-hybridized carbons (Fsp3) is 0.750. The maximum Gasteiger partial charge on any atom is 0.323 e. The molecule has 2 atom stereocenters. The maximum absolute atomic E-state index is 10.1. The quantitative estimate of drug-likeness (QED) is 0.445. The minimum Gasteiger partial charge on any atom is -0.480 e. The Morgan fingerprint density at radius 1 is 1.64 bits per heavy atom. The van der Waals surface area contributed by atoms with Crippen LogP contribution in [-0.4, -0.2) is 40.8 Å². The van der Waals surface area contributed by atoms with E-state index in [4.69, 9.17) is 15.9 Å². The second-order valence-corrected chi connectivity index (χ2v) is 3.06. The van der Waals surface area contributed by atoms with Crippen molar-refractivity contribution in [3.63, 3.8) is 0 Å². The highest BCUT2D eigenvalue weighted by molar-refractivity contribution is 5.77. The molecular formula is C8H16N2O4. The Hall–Kier alpha value is -1.14. The van der Waals surface area contributed by atoms with Crippen molar-refractivity contribution in [1.82, 2.24) is 5.32 Å². The molecule has 0 aromatic heterocycles. The summed E-state index contributed by atoms with van der Waals surface area (Å²) in [5.74, 6) is -0.977. The zero-order valence-corrected chi connectivity index (χ0v) is 8.06. The van der Waals surface area contributed by atoms with Crippen LogP contribution in [0.2, 0.25) is 0 Å². The fourth-order valence-electron chi connectivity index (χ4n) is 0.771. The van der Waals surface area contributed by atoms with Crippen molar-refractivity contribution in [2.75, 3.05) is 6.54 Å². The van der Waals surface area contributed by atoms with Crippen molar-refractivity contribution in [3.05, 3.63) is 0 Å². The summed E-state index contributed by atoms with van der Waals surface area (Å²) in [6.45, 7) is 2.22. The summed E-state index contributed by atoms with van der Waals surface area (Å²) >= 11 is 0. The van der Waals surface area contributed by atoms with Crippen molar-refractivity contribution >= 4 is 11.9 Å². The van der Waals surface area contributed by atoms with Gasteiger partial charge in [0.1, 0.15) is 6.04 Å². The number of amides is 1. The lowest BCUT2D eigenvalue weighted by molar-refractivity contribution is -0.140. The molecule has 5 N–H and O–H groups in total. The van der Waals surface area contributed by atoms with Crippen LogP contribution in [0.25, 0.3) is 0 Å². The number of carbonyl (C=O) groups excluding carboxylic acids is 1. The molecule has 0 saturated carbocycles. The molecule has 82 valence electrons. The van der Waals surface area contributed by atoms with E-state index in [1.54, 1.807) is 0 Å². The van der Waals surface area contributed by atoms with Crippen LogP contribution in [0.15, 0.2) is 0 Å². The van der Waals surface area contributed by atoms with E-state index < -0.39 is 18.1 Å². The van der Waals surface area contributed by atoms with Gasteiger partial charge in [0.05, 0.1) is 6.10 Å². The van der Waals surface area contributed by atoms with E-state index >= 15 is 0 Å². The largest absolute Gasteiger partial charge is 0.480 e. The first-order chi connectivity index (χ1) is 6.45. The average Bonchev–Trinajstić information content (AvgIpc) is 2.55. The van der Waals surface area contributed by atoms with Crippen LogP contribution in [-0.2, 0) is 9.59 Å². The predicted octanol–water partition coefficient (Wildman–Crippen LogP) is -1.32. The zero-order valence-electron chi connectivity index (χ0n) is 8.06. The van der Waals surface area contributed by atoms with Crippen LogP contribution >= 0.6 is 0 Å². The Bertz CT molecular complexity index is 198. The smallest absolute Gasteiger partial charge is 0.323 e. The Kier molecular flexibility index (Phi) is 5.82. The van der Waals surface area contributed by atoms with Gasteiger partial charge in [-0.25, -0.2) is 0 Å². The van der Waals surface area contributed by atoms with Gasteiger partial charge in [-0.3, -0.25) is 9.59 Å². The molecule has 1 aliphatic rings. The highest BCUT2D eigenvalue weighted by Gasteiger charge is 2.16. The number of carboxylic acid groups (broad SMARTS) is 1. The third-order valence-electron chi connectivity index (χ3n) is 1.71. The van der Waals surface area contributed by atoms with Crippen LogP contribution in [0.4, 0.5) is 0 Å². The standard InChI is InChI=1S/C4H9NO3.C4H7NO/c1-2(6)3(5)4(7)8;6-4-2-1-3-5-4/h2-3,6H,5H2,1H3,(H,7,8);1-3H2,(H,5,6). The number of carbonyl (C=O) groups is 2. The summed E-state index contributed by atoms with van der Waals surface area (Å²) in [6, 6.07) is -1.16. The van der Waals surface area contributed by atoms with Crippen LogP contribution in [0, 0.1) is 0 Å². The van der Waals surface area contributed by atoms with Crippen molar-refractivity contribution in [1.29, 1.82) is 0 Å². The first-order valence-corrected chi connectivity index (χ1v) is 4.38. The number of nitrogens with two attached hydrogens (primary N) is 1. The fourth-order valence-corrected chi connectivity index (χ4v) is 0.771. The highest BCUT2D eigenvalue weighted by atomic mass is 16.4.